The lowest BCUT2D eigenvalue weighted by Crippen LogP contribution is -2.38. The number of nitrogens with one attached hydrogen (secondary N) is 1. The van der Waals surface area contributed by atoms with E-state index in [2.05, 4.69) is 33.1 Å². The Labute approximate surface area is 177 Å². The van der Waals surface area contributed by atoms with Gasteiger partial charge in [0.25, 0.3) is 0 Å². The molecule has 6 heteroatoms. The number of likely N-dealkylation sites (N-methyl/N-ethyl adjacent to an activating group) is 1. The third-order valence-electron chi connectivity index (χ3n) is 5.94. The lowest BCUT2D eigenvalue weighted by Gasteiger charge is -2.25. The predicted molar refractivity (Wildman–Crippen MR) is 119 cm³/mol. The molecule has 1 aromatic heterocycles. The number of benzene rings is 2. The van der Waals surface area contributed by atoms with Crippen LogP contribution in [0.15, 0.2) is 60.8 Å². The molecule has 0 bridgehead atoms. The van der Waals surface area contributed by atoms with Crippen LogP contribution in [-0.4, -0.2) is 48.5 Å². The van der Waals surface area contributed by atoms with Gasteiger partial charge >= 0.3 is 0 Å². The number of rotatable bonds is 6. The van der Waals surface area contributed by atoms with Gasteiger partial charge in [-0.15, -0.1) is 0 Å². The fraction of sp³-hybridized carbons (Fsp3) is 0.333. The third kappa shape index (κ3) is 3.83. The van der Waals surface area contributed by atoms with Crippen LogP contribution >= 0.6 is 0 Å². The number of nitrogens with zero attached hydrogens (tertiary/aromatic N) is 3. The molecule has 0 aliphatic carbocycles. The van der Waals surface area contributed by atoms with Crippen molar-refractivity contribution in [2.75, 3.05) is 32.1 Å². The highest BCUT2D eigenvalue weighted by atomic mass is 16.2. The normalized spacial score (nSPS) is 17.7. The number of fused-ring (bicyclic) bond motifs is 1. The van der Waals surface area contributed by atoms with Gasteiger partial charge in [0, 0.05) is 49.3 Å². The SMILES string of the molecule is CN(C)C(CNC(=O)C1CC(=O)N(c2ccccc2)C1)c1cn(C)c2ccccc12. The van der Waals surface area contributed by atoms with Gasteiger partial charge in [0.2, 0.25) is 11.8 Å². The first kappa shape index (κ1) is 20.2. The molecule has 3 aromatic rings. The number of hydrogen-bond acceptors (Lipinski definition) is 3. The smallest absolute Gasteiger partial charge is 0.227 e. The topological polar surface area (TPSA) is 57.6 Å². The molecular formula is C24H28N4O2. The average Bonchev–Trinajstić information content (AvgIpc) is 3.29. The van der Waals surface area contributed by atoms with Crippen LogP contribution in [0.1, 0.15) is 18.0 Å². The Hall–Kier alpha value is -3.12. The van der Waals surface area contributed by atoms with Crippen molar-refractivity contribution >= 4 is 28.4 Å². The number of carbonyl (C=O) groups is 2. The Bertz CT molecular complexity index is 1060. The molecule has 0 spiro atoms. The van der Waals surface area contributed by atoms with Crippen LogP contribution in [0.2, 0.25) is 0 Å². The number of anilines is 1. The first-order valence-electron chi connectivity index (χ1n) is 10.3. The molecule has 2 heterocycles. The summed E-state index contributed by atoms with van der Waals surface area (Å²) in [7, 11) is 6.09. The molecule has 0 saturated carbocycles. The van der Waals surface area contributed by atoms with Crippen molar-refractivity contribution in [3.05, 3.63) is 66.4 Å². The van der Waals surface area contributed by atoms with Gasteiger partial charge in [0.05, 0.1) is 12.0 Å². The fourth-order valence-electron chi connectivity index (χ4n) is 4.29. The van der Waals surface area contributed by atoms with E-state index in [4.69, 9.17) is 0 Å². The number of hydrogen-bond donors (Lipinski definition) is 1. The number of carbonyl (C=O) groups excluding carboxylic acids is 2. The lowest BCUT2D eigenvalue weighted by molar-refractivity contribution is -0.126. The summed E-state index contributed by atoms with van der Waals surface area (Å²) in [5.41, 5.74) is 3.21. The van der Waals surface area contributed by atoms with Crippen molar-refractivity contribution < 1.29 is 9.59 Å². The van der Waals surface area contributed by atoms with Crippen molar-refractivity contribution in [1.29, 1.82) is 0 Å². The minimum absolute atomic E-state index is 0.000405. The molecule has 1 aliphatic heterocycles. The summed E-state index contributed by atoms with van der Waals surface area (Å²) in [5.74, 6) is -0.388. The van der Waals surface area contributed by atoms with Gasteiger partial charge in [-0.05, 0) is 37.9 Å². The molecule has 1 aliphatic rings. The zero-order valence-corrected chi connectivity index (χ0v) is 17.7. The Morgan fingerprint density at radius 3 is 2.57 bits per heavy atom. The van der Waals surface area contributed by atoms with Crippen molar-refractivity contribution in [2.45, 2.75) is 12.5 Å². The van der Waals surface area contributed by atoms with E-state index in [0.29, 0.717) is 13.1 Å². The highest BCUT2D eigenvalue weighted by Gasteiger charge is 2.35. The van der Waals surface area contributed by atoms with E-state index in [-0.39, 0.29) is 30.2 Å². The average molecular weight is 405 g/mol. The second-order valence-corrected chi connectivity index (χ2v) is 8.18. The maximum absolute atomic E-state index is 12.9. The minimum atomic E-state index is -0.326. The largest absolute Gasteiger partial charge is 0.354 e. The maximum Gasteiger partial charge on any atom is 0.227 e. The Morgan fingerprint density at radius 2 is 1.83 bits per heavy atom. The first-order chi connectivity index (χ1) is 14.5. The maximum atomic E-state index is 12.9. The fourth-order valence-corrected chi connectivity index (χ4v) is 4.29. The highest BCUT2D eigenvalue weighted by Crippen LogP contribution is 2.29. The van der Waals surface area contributed by atoms with E-state index in [1.54, 1.807) is 4.90 Å². The van der Waals surface area contributed by atoms with Gasteiger partial charge in [0.1, 0.15) is 0 Å². The molecule has 2 amide bonds. The quantitative estimate of drug-likeness (QED) is 0.687. The van der Waals surface area contributed by atoms with Gasteiger partial charge < -0.3 is 19.7 Å². The molecule has 156 valence electrons. The standard InChI is InChI=1S/C24H28N4O2/c1-26(2)22(20-16-27(3)21-12-8-7-11-19(20)21)14-25-24(30)17-13-23(29)28(15-17)18-9-5-4-6-10-18/h4-12,16-17,22H,13-15H2,1-3H3,(H,25,30). The number of amides is 2. The van der Waals surface area contributed by atoms with Crippen molar-refractivity contribution in [3.8, 4) is 0 Å². The molecule has 30 heavy (non-hydrogen) atoms. The van der Waals surface area contributed by atoms with Crippen LogP contribution < -0.4 is 10.2 Å². The molecule has 1 saturated heterocycles. The summed E-state index contributed by atoms with van der Waals surface area (Å²) >= 11 is 0. The molecule has 4 rings (SSSR count). The van der Waals surface area contributed by atoms with Crippen LogP contribution in [0.3, 0.4) is 0 Å². The predicted octanol–water partition coefficient (Wildman–Crippen LogP) is 2.95. The summed E-state index contributed by atoms with van der Waals surface area (Å²) in [6.45, 7) is 0.922. The van der Waals surface area contributed by atoms with E-state index in [1.165, 1.54) is 16.5 Å². The molecule has 1 N–H and O–H groups in total. The van der Waals surface area contributed by atoms with Crippen molar-refractivity contribution in [3.63, 3.8) is 0 Å². The number of aryl methyl sites for hydroxylation is 1. The zero-order valence-electron chi connectivity index (χ0n) is 17.7. The summed E-state index contributed by atoms with van der Waals surface area (Å²) in [6, 6.07) is 17.9. The lowest BCUT2D eigenvalue weighted by atomic mass is 10.0. The van der Waals surface area contributed by atoms with Gasteiger partial charge in [-0.3, -0.25) is 9.59 Å². The van der Waals surface area contributed by atoms with E-state index in [0.717, 1.165) is 5.69 Å². The van der Waals surface area contributed by atoms with Crippen LogP contribution in [-0.2, 0) is 16.6 Å². The highest BCUT2D eigenvalue weighted by molar-refractivity contribution is 6.00. The molecule has 6 nitrogen and oxygen atoms in total. The van der Waals surface area contributed by atoms with Crippen LogP contribution in [0.5, 0.6) is 0 Å². The first-order valence-corrected chi connectivity index (χ1v) is 10.3. The van der Waals surface area contributed by atoms with E-state index < -0.39 is 0 Å². The summed E-state index contributed by atoms with van der Waals surface area (Å²) in [4.78, 5) is 29.2. The van der Waals surface area contributed by atoms with E-state index >= 15 is 0 Å². The van der Waals surface area contributed by atoms with Crippen LogP contribution in [0.4, 0.5) is 5.69 Å². The zero-order chi connectivity index (χ0) is 21.3. The second kappa shape index (κ2) is 8.32. The molecule has 0 radical (unpaired) electrons. The Balaban J connectivity index is 1.46. The third-order valence-corrected chi connectivity index (χ3v) is 5.94. The second-order valence-electron chi connectivity index (χ2n) is 8.18. The molecule has 2 aromatic carbocycles. The van der Waals surface area contributed by atoms with Crippen LogP contribution in [0.25, 0.3) is 10.9 Å². The number of aromatic nitrogens is 1. The van der Waals surface area contributed by atoms with Crippen molar-refractivity contribution in [2.24, 2.45) is 13.0 Å². The summed E-state index contributed by atoms with van der Waals surface area (Å²) < 4.78 is 2.12. The van der Waals surface area contributed by atoms with Gasteiger partial charge in [-0.25, -0.2) is 0 Å². The molecule has 2 unspecified atom stereocenters. The van der Waals surface area contributed by atoms with Gasteiger partial charge in [-0.1, -0.05) is 36.4 Å². The summed E-state index contributed by atoms with van der Waals surface area (Å²) in [6.07, 6.45) is 2.39. The monoisotopic (exact) mass is 404 g/mol. The molecular weight excluding hydrogens is 376 g/mol. The van der Waals surface area contributed by atoms with Crippen molar-refractivity contribution in [1.82, 2.24) is 14.8 Å². The van der Waals surface area contributed by atoms with E-state index in [9.17, 15) is 9.59 Å². The molecule has 2 atom stereocenters. The van der Waals surface area contributed by atoms with Gasteiger partial charge in [0.15, 0.2) is 0 Å². The summed E-state index contributed by atoms with van der Waals surface area (Å²) in [5, 5.41) is 4.30. The van der Waals surface area contributed by atoms with Crippen LogP contribution in [0, 0.1) is 5.92 Å². The van der Waals surface area contributed by atoms with Gasteiger partial charge in [-0.2, -0.15) is 0 Å². The van der Waals surface area contributed by atoms with E-state index in [1.807, 2.05) is 63.6 Å². The Kier molecular flexibility index (Phi) is 5.59. The number of para-hydroxylation sites is 2. The minimum Gasteiger partial charge on any atom is -0.354 e. The Morgan fingerprint density at radius 1 is 1.13 bits per heavy atom. The molecule has 1 fully saturated rings.